The van der Waals surface area contributed by atoms with Gasteiger partial charge in [0, 0.05) is 6.61 Å². The fourth-order valence-electron chi connectivity index (χ4n) is 2.46. The van der Waals surface area contributed by atoms with Gasteiger partial charge in [-0.15, -0.1) is 0 Å². The number of rotatable bonds is 5. The van der Waals surface area contributed by atoms with Crippen LogP contribution in [0.1, 0.15) is 39.0 Å². The lowest BCUT2D eigenvalue weighted by molar-refractivity contribution is -0.155. The molecule has 1 fully saturated rings. The van der Waals surface area contributed by atoms with Crippen LogP contribution in [0.3, 0.4) is 0 Å². The van der Waals surface area contributed by atoms with E-state index < -0.39 is 0 Å². The number of aliphatic hydroxyl groups is 1. The normalized spacial score (nSPS) is 31.9. The van der Waals surface area contributed by atoms with Crippen LogP contribution in [0.15, 0.2) is 36.0 Å². The fourth-order valence-corrected chi connectivity index (χ4v) is 2.46. The van der Waals surface area contributed by atoms with E-state index in [0.29, 0.717) is 12.5 Å². The Morgan fingerprint density at radius 2 is 2.20 bits per heavy atom. The Morgan fingerprint density at radius 3 is 2.90 bits per heavy atom. The maximum Gasteiger partial charge on any atom is 0.157 e. The third-order valence-corrected chi connectivity index (χ3v) is 3.81. The van der Waals surface area contributed by atoms with Gasteiger partial charge in [0.05, 0.1) is 12.7 Å². The molecular formula is C17H26O3. The second kappa shape index (κ2) is 8.40. The molecule has 112 valence electrons. The lowest BCUT2D eigenvalue weighted by Crippen LogP contribution is -2.22. The molecule has 1 aliphatic heterocycles. The van der Waals surface area contributed by atoms with Crippen molar-refractivity contribution < 1.29 is 14.6 Å². The van der Waals surface area contributed by atoms with Gasteiger partial charge in [0.1, 0.15) is 0 Å². The summed E-state index contributed by atoms with van der Waals surface area (Å²) >= 11 is 0. The summed E-state index contributed by atoms with van der Waals surface area (Å²) < 4.78 is 11.2. The van der Waals surface area contributed by atoms with Crippen molar-refractivity contribution in [3.63, 3.8) is 0 Å². The van der Waals surface area contributed by atoms with E-state index in [2.05, 4.69) is 31.2 Å². The predicted molar refractivity (Wildman–Crippen MR) is 80.3 cm³/mol. The second-order valence-corrected chi connectivity index (χ2v) is 5.63. The number of hydrogen-bond acceptors (Lipinski definition) is 3. The van der Waals surface area contributed by atoms with Gasteiger partial charge in [-0.3, -0.25) is 0 Å². The average molecular weight is 278 g/mol. The highest BCUT2D eigenvalue weighted by Crippen LogP contribution is 2.19. The van der Waals surface area contributed by atoms with Crippen LogP contribution < -0.4 is 0 Å². The molecule has 0 bridgehead atoms. The zero-order chi connectivity index (χ0) is 14.2. The standard InChI is InChI=1S/C17H26O3/c1-14(5-6-15-7-9-16(18)10-8-15)11-13-20-17-4-2-3-12-19-17/h5-7,9,11,15-18H,2-4,8,10,12-13H2,1H3/b6-5-,14-11+. The topological polar surface area (TPSA) is 38.7 Å². The molecule has 0 saturated carbocycles. The summed E-state index contributed by atoms with van der Waals surface area (Å²) in [5.74, 6) is 0.448. The van der Waals surface area contributed by atoms with Crippen molar-refractivity contribution in [2.75, 3.05) is 13.2 Å². The lowest BCUT2D eigenvalue weighted by atomic mass is 9.93. The summed E-state index contributed by atoms with van der Waals surface area (Å²) in [4.78, 5) is 0. The molecule has 2 rings (SSSR count). The van der Waals surface area contributed by atoms with Crippen molar-refractivity contribution >= 4 is 0 Å². The zero-order valence-electron chi connectivity index (χ0n) is 12.3. The Labute approximate surface area is 122 Å². The highest BCUT2D eigenvalue weighted by Gasteiger charge is 2.13. The smallest absolute Gasteiger partial charge is 0.157 e. The minimum absolute atomic E-state index is 0.0143. The van der Waals surface area contributed by atoms with Crippen LogP contribution >= 0.6 is 0 Å². The van der Waals surface area contributed by atoms with Crippen molar-refractivity contribution in [3.8, 4) is 0 Å². The molecule has 2 aliphatic rings. The third kappa shape index (κ3) is 5.61. The Hall–Kier alpha value is -0.900. The largest absolute Gasteiger partial charge is 0.389 e. The van der Waals surface area contributed by atoms with Gasteiger partial charge in [-0.25, -0.2) is 0 Å². The Bertz CT molecular complexity index is 364. The quantitative estimate of drug-likeness (QED) is 0.619. The van der Waals surface area contributed by atoms with E-state index in [1.54, 1.807) is 0 Å². The number of ether oxygens (including phenoxy) is 2. The molecule has 3 unspecified atom stereocenters. The highest BCUT2D eigenvalue weighted by atomic mass is 16.7. The van der Waals surface area contributed by atoms with Gasteiger partial charge in [0.25, 0.3) is 0 Å². The Balaban J connectivity index is 1.69. The molecule has 20 heavy (non-hydrogen) atoms. The van der Waals surface area contributed by atoms with Crippen LogP contribution in [-0.2, 0) is 9.47 Å². The first kappa shape index (κ1) is 15.5. The molecule has 0 aromatic carbocycles. The molecule has 1 aliphatic carbocycles. The minimum atomic E-state index is -0.250. The third-order valence-electron chi connectivity index (χ3n) is 3.81. The van der Waals surface area contributed by atoms with E-state index in [-0.39, 0.29) is 12.4 Å². The SMILES string of the molecule is CC(/C=C\C1C=CC(O)CC1)=C\COC1CCCCO1. The van der Waals surface area contributed by atoms with Crippen molar-refractivity contribution in [1.29, 1.82) is 0 Å². The second-order valence-electron chi connectivity index (χ2n) is 5.63. The number of aliphatic hydroxyl groups excluding tert-OH is 1. The molecule has 3 heteroatoms. The first-order valence-electron chi connectivity index (χ1n) is 7.68. The molecule has 0 radical (unpaired) electrons. The zero-order valence-corrected chi connectivity index (χ0v) is 12.3. The summed E-state index contributed by atoms with van der Waals surface area (Å²) in [5.41, 5.74) is 1.21. The molecule has 0 amide bonds. The van der Waals surface area contributed by atoms with Crippen LogP contribution in [-0.4, -0.2) is 30.7 Å². The summed E-state index contributed by atoms with van der Waals surface area (Å²) in [6, 6.07) is 0. The number of allylic oxidation sites excluding steroid dienone is 4. The van der Waals surface area contributed by atoms with E-state index in [1.165, 1.54) is 12.0 Å². The number of hydrogen-bond donors (Lipinski definition) is 1. The van der Waals surface area contributed by atoms with Crippen LogP contribution in [0.5, 0.6) is 0 Å². The summed E-state index contributed by atoms with van der Waals surface area (Å²) in [5, 5.41) is 9.39. The maximum atomic E-state index is 9.39. The van der Waals surface area contributed by atoms with E-state index in [4.69, 9.17) is 9.47 Å². The molecule has 3 atom stereocenters. The van der Waals surface area contributed by atoms with Crippen LogP contribution in [0.25, 0.3) is 0 Å². The van der Waals surface area contributed by atoms with Crippen LogP contribution in [0.2, 0.25) is 0 Å². The Morgan fingerprint density at radius 1 is 1.30 bits per heavy atom. The van der Waals surface area contributed by atoms with E-state index in [9.17, 15) is 5.11 Å². The molecule has 0 aromatic heterocycles. The van der Waals surface area contributed by atoms with Crippen LogP contribution in [0.4, 0.5) is 0 Å². The summed E-state index contributed by atoms with van der Waals surface area (Å²) in [7, 11) is 0. The first-order chi connectivity index (χ1) is 9.74. The van der Waals surface area contributed by atoms with Crippen molar-refractivity contribution in [1.82, 2.24) is 0 Å². The van der Waals surface area contributed by atoms with Gasteiger partial charge < -0.3 is 14.6 Å². The van der Waals surface area contributed by atoms with Gasteiger partial charge in [-0.2, -0.15) is 0 Å². The monoisotopic (exact) mass is 278 g/mol. The first-order valence-corrected chi connectivity index (χ1v) is 7.68. The lowest BCUT2D eigenvalue weighted by Gasteiger charge is -2.22. The van der Waals surface area contributed by atoms with Crippen molar-refractivity contribution in [3.05, 3.63) is 36.0 Å². The van der Waals surface area contributed by atoms with E-state index >= 15 is 0 Å². The van der Waals surface area contributed by atoms with Crippen molar-refractivity contribution in [2.24, 2.45) is 5.92 Å². The van der Waals surface area contributed by atoms with E-state index in [0.717, 1.165) is 32.3 Å². The molecular weight excluding hydrogens is 252 g/mol. The van der Waals surface area contributed by atoms with Gasteiger partial charge in [-0.1, -0.05) is 36.0 Å². The van der Waals surface area contributed by atoms with Gasteiger partial charge in [0.2, 0.25) is 0 Å². The summed E-state index contributed by atoms with van der Waals surface area (Å²) in [6.45, 7) is 3.52. The molecule has 0 spiro atoms. The maximum absolute atomic E-state index is 9.39. The molecule has 3 nitrogen and oxygen atoms in total. The Kier molecular flexibility index (Phi) is 6.51. The van der Waals surface area contributed by atoms with Crippen LogP contribution in [0, 0.1) is 5.92 Å². The van der Waals surface area contributed by atoms with Gasteiger partial charge >= 0.3 is 0 Å². The summed E-state index contributed by atoms with van der Waals surface area (Å²) in [6.07, 6.45) is 15.4. The fraction of sp³-hybridized carbons (Fsp3) is 0.647. The van der Waals surface area contributed by atoms with Gasteiger partial charge in [0.15, 0.2) is 6.29 Å². The molecule has 1 N–H and O–H groups in total. The molecule has 1 heterocycles. The van der Waals surface area contributed by atoms with Gasteiger partial charge in [-0.05, 0) is 44.9 Å². The molecule has 0 aromatic rings. The average Bonchev–Trinajstić information content (AvgIpc) is 2.48. The molecule has 1 saturated heterocycles. The van der Waals surface area contributed by atoms with E-state index in [1.807, 2.05) is 6.08 Å². The van der Waals surface area contributed by atoms with Crippen molar-refractivity contribution in [2.45, 2.75) is 51.4 Å². The highest BCUT2D eigenvalue weighted by molar-refractivity contribution is 5.19. The predicted octanol–water partition coefficient (Wildman–Crippen LogP) is 3.36. The minimum Gasteiger partial charge on any atom is -0.389 e.